The Morgan fingerprint density at radius 2 is 1.55 bits per heavy atom. The largest absolute Gasteiger partial charge is 0.457 e. The van der Waals surface area contributed by atoms with E-state index >= 15 is 0 Å². The van der Waals surface area contributed by atoms with Crippen LogP contribution in [0.15, 0.2) is 66.7 Å². The quantitative estimate of drug-likeness (QED) is 0.608. The monoisotopic (exact) mass is 400 g/mol. The molecular formula is C21H15F3N2O3. The van der Waals surface area contributed by atoms with Crippen molar-refractivity contribution in [2.45, 2.75) is 0 Å². The number of carbonyl (C=O) groups is 2. The highest BCUT2D eigenvalue weighted by atomic mass is 19.2. The van der Waals surface area contributed by atoms with Crippen LogP contribution in [0, 0.1) is 17.5 Å². The van der Waals surface area contributed by atoms with Crippen molar-refractivity contribution in [2.24, 2.45) is 0 Å². The molecule has 3 rings (SSSR count). The van der Waals surface area contributed by atoms with Crippen LogP contribution in [0.5, 0.6) is 11.5 Å². The molecule has 2 amide bonds. The highest BCUT2D eigenvalue weighted by molar-refractivity contribution is 5.99. The molecule has 0 aliphatic carbocycles. The SMILES string of the molecule is O=C(CNC(=O)c1cccc(Oc2ccccc2)c1)Nc1ccc(F)c(F)c1F. The predicted molar refractivity (Wildman–Crippen MR) is 100 cm³/mol. The van der Waals surface area contributed by atoms with E-state index in [1.807, 2.05) is 6.07 Å². The van der Waals surface area contributed by atoms with E-state index in [1.54, 1.807) is 36.4 Å². The summed E-state index contributed by atoms with van der Waals surface area (Å²) in [6, 6.07) is 16.8. The minimum absolute atomic E-state index is 0.241. The second-order valence-corrected chi connectivity index (χ2v) is 5.90. The Morgan fingerprint density at radius 1 is 0.828 bits per heavy atom. The van der Waals surface area contributed by atoms with Gasteiger partial charge in [0.2, 0.25) is 5.91 Å². The first-order valence-electron chi connectivity index (χ1n) is 8.48. The van der Waals surface area contributed by atoms with Gasteiger partial charge in [-0.15, -0.1) is 0 Å². The van der Waals surface area contributed by atoms with E-state index in [1.165, 1.54) is 12.1 Å². The molecule has 8 heteroatoms. The maximum Gasteiger partial charge on any atom is 0.251 e. The lowest BCUT2D eigenvalue weighted by Crippen LogP contribution is -2.33. The van der Waals surface area contributed by atoms with Gasteiger partial charge in [-0.05, 0) is 42.5 Å². The Hall–Kier alpha value is -3.81. The number of hydrogen-bond acceptors (Lipinski definition) is 3. The molecule has 0 aliphatic heterocycles. The van der Waals surface area contributed by atoms with Crippen LogP contribution in [-0.2, 0) is 4.79 Å². The van der Waals surface area contributed by atoms with Gasteiger partial charge in [-0.2, -0.15) is 0 Å². The maximum atomic E-state index is 13.6. The molecular weight excluding hydrogens is 385 g/mol. The van der Waals surface area contributed by atoms with Crippen molar-refractivity contribution in [3.8, 4) is 11.5 Å². The number of nitrogens with one attached hydrogen (secondary N) is 2. The van der Waals surface area contributed by atoms with Gasteiger partial charge >= 0.3 is 0 Å². The van der Waals surface area contributed by atoms with Crippen molar-refractivity contribution in [1.29, 1.82) is 0 Å². The molecule has 2 N–H and O–H groups in total. The first-order chi connectivity index (χ1) is 13.9. The van der Waals surface area contributed by atoms with Crippen LogP contribution in [0.25, 0.3) is 0 Å². The van der Waals surface area contributed by atoms with Gasteiger partial charge in [-0.3, -0.25) is 9.59 Å². The summed E-state index contributed by atoms with van der Waals surface area (Å²) in [5, 5.41) is 4.43. The van der Waals surface area contributed by atoms with Gasteiger partial charge in [0.15, 0.2) is 17.5 Å². The lowest BCUT2D eigenvalue weighted by atomic mass is 10.2. The Morgan fingerprint density at radius 3 is 2.31 bits per heavy atom. The molecule has 29 heavy (non-hydrogen) atoms. The van der Waals surface area contributed by atoms with Crippen molar-refractivity contribution in [1.82, 2.24) is 5.32 Å². The lowest BCUT2D eigenvalue weighted by molar-refractivity contribution is -0.115. The minimum atomic E-state index is -1.69. The van der Waals surface area contributed by atoms with E-state index < -0.39 is 41.5 Å². The van der Waals surface area contributed by atoms with Gasteiger partial charge in [0.05, 0.1) is 12.2 Å². The van der Waals surface area contributed by atoms with Gasteiger partial charge in [0.25, 0.3) is 5.91 Å². The molecule has 0 spiro atoms. The van der Waals surface area contributed by atoms with Crippen LogP contribution < -0.4 is 15.4 Å². The molecule has 3 aromatic rings. The number of ether oxygens (including phenoxy) is 1. The highest BCUT2D eigenvalue weighted by Gasteiger charge is 2.16. The summed E-state index contributed by atoms with van der Waals surface area (Å²) in [6.07, 6.45) is 0. The number of anilines is 1. The standard InChI is InChI=1S/C21H15F3N2O3/c22-16-9-10-17(20(24)19(16)23)26-18(27)12-25-21(28)13-5-4-8-15(11-13)29-14-6-2-1-3-7-14/h1-11H,12H2,(H,25,28)(H,26,27). The smallest absolute Gasteiger partial charge is 0.251 e. The molecule has 0 fully saturated rings. The van der Waals surface area contributed by atoms with Crippen LogP contribution in [0.2, 0.25) is 0 Å². The summed E-state index contributed by atoms with van der Waals surface area (Å²) in [5.74, 6) is -4.93. The number of amides is 2. The highest BCUT2D eigenvalue weighted by Crippen LogP contribution is 2.22. The summed E-state index contributed by atoms with van der Waals surface area (Å²) < 4.78 is 45.3. The molecule has 0 bridgehead atoms. The summed E-state index contributed by atoms with van der Waals surface area (Å²) in [5.41, 5.74) is -0.286. The predicted octanol–water partition coefficient (Wildman–Crippen LogP) is 4.26. The summed E-state index contributed by atoms with van der Waals surface area (Å²) in [7, 11) is 0. The fraction of sp³-hybridized carbons (Fsp3) is 0.0476. The molecule has 0 atom stereocenters. The maximum absolute atomic E-state index is 13.6. The Labute approximate surface area is 164 Å². The van der Waals surface area contributed by atoms with Gasteiger partial charge in [-0.25, -0.2) is 13.2 Å². The lowest BCUT2D eigenvalue weighted by Gasteiger charge is -2.10. The molecule has 0 aliphatic rings. The number of halogens is 3. The molecule has 0 saturated carbocycles. The molecule has 0 radical (unpaired) electrons. The summed E-state index contributed by atoms with van der Waals surface area (Å²) in [6.45, 7) is -0.499. The fourth-order valence-corrected chi connectivity index (χ4v) is 2.40. The zero-order valence-corrected chi connectivity index (χ0v) is 14.9. The van der Waals surface area contributed by atoms with Crippen molar-refractivity contribution < 1.29 is 27.5 Å². The van der Waals surface area contributed by atoms with Crippen LogP contribution in [0.3, 0.4) is 0 Å². The topological polar surface area (TPSA) is 67.4 Å². The third kappa shape index (κ3) is 5.13. The third-order valence-corrected chi connectivity index (χ3v) is 3.79. The number of para-hydroxylation sites is 1. The zero-order chi connectivity index (χ0) is 20.8. The summed E-state index contributed by atoms with van der Waals surface area (Å²) in [4.78, 5) is 24.1. The fourth-order valence-electron chi connectivity index (χ4n) is 2.40. The van der Waals surface area contributed by atoms with E-state index in [0.717, 1.165) is 6.07 Å². The molecule has 0 saturated heterocycles. The van der Waals surface area contributed by atoms with Crippen LogP contribution in [0.4, 0.5) is 18.9 Å². The van der Waals surface area contributed by atoms with Gasteiger partial charge in [-0.1, -0.05) is 24.3 Å². The number of rotatable bonds is 6. The van der Waals surface area contributed by atoms with Crippen molar-refractivity contribution in [2.75, 3.05) is 11.9 Å². The minimum Gasteiger partial charge on any atom is -0.457 e. The van der Waals surface area contributed by atoms with Gasteiger partial charge < -0.3 is 15.4 Å². The average molecular weight is 400 g/mol. The molecule has 0 unspecified atom stereocenters. The molecule has 5 nitrogen and oxygen atoms in total. The van der Waals surface area contributed by atoms with E-state index in [2.05, 4.69) is 10.6 Å². The zero-order valence-electron chi connectivity index (χ0n) is 14.9. The van der Waals surface area contributed by atoms with Crippen LogP contribution in [0.1, 0.15) is 10.4 Å². The van der Waals surface area contributed by atoms with Crippen molar-refractivity contribution in [3.05, 3.63) is 89.7 Å². The van der Waals surface area contributed by atoms with E-state index in [9.17, 15) is 22.8 Å². The molecule has 0 aromatic heterocycles. The number of benzene rings is 3. The summed E-state index contributed by atoms with van der Waals surface area (Å²) >= 11 is 0. The van der Waals surface area contributed by atoms with Gasteiger partial charge in [0.1, 0.15) is 11.5 Å². The van der Waals surface area contributed by atoms with Gasteiger partial charge in [0, 0.05) is 5.56 Å². The van der Waals surface area contributed by atoms with Crippen LogP contribution >= 0.6 is 0 Å². The molecule has 148 valence electrons. The molecule has 3 aromatic carbocycles. The first-order valence-corrected chi connectivity index (χ1v) is 8.48. The van der Waals surface area contributed by atoms with Crippen molar-refractivity contribution in [3.63, 3.8) is 0 Å². The van der Waals surface area contributed by atoms with Crippen LogP contribution in [-0.4, -0.2) is 18.4 Å². The van der Waals surface area contributed by atoms with Crippen molar-refractivity contribution >= 4 is 17.5 Å². The normalized spacial score (nSPS) is 10.3. The Bertz CT molecular complexity index is 1040. The first kappa shape index (κ1) is 19.9. The Kier molecular flexibility index (Phi) is 6.13. The number of carbonyl (C=O) groups excluding carboxylic acids is 2. The third-order valence-electron chi connectivity index (χ3n) is 3.79. The second kappa shape index (κ2) is 8.92. The second-order valence-electron chi connectivity index (χ2n) is 5.90. The van der Waals surface area contributed by atoms with E-state index in [0.29, 0.717) is 17.6 Å². The van der Waals surface area contributed by atoms with E-state index in [4.69, 9.17) is 4.74 Å². The number of hydrogen-bond donors (Lipinski definition) is 2. The Balaban J connectivity index is 1.58. The molecule has 0 heterocycles. The van der Waals surface area contributed by atoms with E-state index in [-0.39, 0.29) is 5.56 Å². The average Bonchev–Trinajstić information content (AvgIpc) is 2.73.